The maximum absolute atomic E-state index is 13.8. The summed E-state index contributed by atoms with van der Waals surface area (Å²) in [5.74, 6) is 0.409. The molecule has 0 saturated heterocycles. The van der Waals surface area contributed by atoms with Gasteiger partial charge in [-0.15, -0.1) is 0 Å². The number of fused-ring (bicyclic) bond motifs is 3. The van der Waals surface area contributed by atoms with E-state index in [1.165, 1.54) is 29.0 Å². The molecule has 4 aromatic rings. The maximum atomic E-state index is 13.8. The van der Waals surface area contributed by atoms with E-state index in [1.807, 2.05) is 36.4 Å². The van der Waals surface area contributed by atoms with Crippen LogP contribution in [0.3, 0.4) is 0 Å². The second-order valence-corrected chi connectivity index (χ2v) is 10.8. The molecule has 0 unspecified atom stereocenters. The summed E-state index contributed by atoms with van der Waals surface area (Å²) in [4.78, 5) is 19.5. The summed E-state index contributed by atoms with van der Waals surface area (Å²) < 4.78 is 22.6. The molecule has 7 heteroatoms. The van der Waals surface area contributed by atoms with Gasteiger partial charge in [-0.2, -0.15) is 0 Å². The number of hydrogen-bond donors (Lipinski definition) is 0. The molecule has 0 fully saturated rings. The first kappa shape index (κ1) is 23.8. The topological polar surface area (TPSA) is 43.6 Å². The Morgan fingerprint density at radius 2 is 1.95 bits per heavy atom. The van der Waals surface area contributed by atoms with Crippen molar-refractivity contribution in [2.45, 2.75) is 18.9 Å². The maximum Gasteiger partial charge on any atom is 0.271 e. The summed E-state index contributed by atoms with van der Waals surface area (Å²) in [7, 11) is 0. The summed E-state index contributed by atoms with van der Waals surface area (Å²) in [5.41, 5.74) is 6.02. The molecule has 2 heterocycles. The highest BCUT2D eigenvalue weighted by molar-refractivity contribution is 9.10. The molecule has 3 aromatic carbocycles. The Morgan fingerprint density at radius 1 is 1.14 bits per heavy atom. The van der Waals surface area contributed by atoms with E-state index in [-0.39, 0.29) is 17.4 Å². The van der Waals surface area contributed by atoms with Crippen molar-refractivity contribution >= 4 is 39.0 Å². The first-order valence-electron chi connectivity index (χ1n) is 12.0. The molecule has 0 radical (unpaired) electrons. The lowest BCUT2D eigenvalue weighted by Gasteiger charge is -2.30. The minimum Gasteiger partial charge on any atom is -0.488 e. The highest BCUT2D eigenvalue weighted by atomic mass is 79.9. The number of halogens is 2. The molecule has 1 aromatic heterocycles. The average molecular weight is 573 g/mol. The van der Waals surface area contributed by atoms with Crippen LogP contribution in [-0.4, -0.2) is 11.2 Å². The summed E-state index contributed by atoms with van der Waals surface area (Å²) in [6.45, 7) is 4.09. The van der Waals surface area contributed by atoms with Gasteiger partial charge in [0.1, 0.15) is 18.2 Å². The van der Waals surface area contributed by atoms with Crippen molar-refractivity contribution in [3.05, 3.63) is 137 Å². The normalized spacial score (nSPS) is 16.5. The molecule has 0 N–H and O–H groups in total. The van der Waals surface area contributed by atoms with Crippen molar-refractivity contribution in [3.63, 3.8) is 0 Å². The summed E-state index contributed by atoms with van der Waals surface area (Å²) in [6, 6.07) is 20.1. The zero-order valence-corrected chi connectivity index (χ0v) is 22.2. The van der Waals surface area contributed by atoms with Gasteiger partial charge in [-0.05, 0) is 81.4 Å². The standard InChI is InChI=1S/C30H22BrFN2O2S/c1-2-15-36-25-14-7-18(16-24(25)31)17-26-29(35)34-28(20-8-11-21(32)12-9-20)23-13-10-19-5-3-4-6-22(19)27(23)33-30(34)37-26/h2-9,11-12,14,16-17,28H,1,10,13,15H2/b26-17+/t28-/m0/s1. The molecule has 184 valence electrons. The number of rotatable bonds is 5. The highest BCUT2D eigenvalue weighted by Crippen LogP contribution is 2.41. The van der Waals surface area contributed by atoms with Crippen LogP contribution in [0.4, 0.5) is 4.39 Å². The fourth-order valence-electron chi connectivity index (χ4n) is 4.99. The third-order valence-electron chi connectivity index (χ3n) is 6.67. The lowest BCUT2D eigenvalue weighted by Crippen LogP contribution is -2.38. The minimum absolute atomic E-state index is 0.105. The number of thiazole rings is 1. The SMILES string of the molecule is C=CCOc1ccc(/C=c2/sc3n(c2=O)[C@@H](c2ccc(F)cc2)C2=C(N=3)c3ccccc3CC2)cc1Br. The van der Waals surface area contributed by atoms with Gasteiger partial charge in [0, 0.05) is 5.56 Å². The first-order chi connectivity index (χ1) is 18.0. The monoisotopic (exact) mass is 572 g/mol. The molecule has 0 bridgehead atoms. The van der Waals surface area contributed by atoms with E-state index in [0.29, 0.717) is 21.7 Å². The molecular weight excluding hydrogens is 551 g/mol. The number of ether oxygens (including phenoxy) is 1. The predicted molar refractivity (Wildman–Crippen MR) is 149 cm³/mol. The molecule has 1 aliphatic heterocycles. The fraction of sp³-hybridized carbons (Fsp3) is 0.133. The van der Waals surface area contributed by atoms with Gasteiger partial charge in [0.25, 0.3) is 5.56 Å². The van der Waals surface area contributed by atoms with E-state index in [1.54, 1.807) is 22.8 Å². The molecule has 0 saturated carbocycles. The molecule has 0 amide bonds. The van der Waals surface area contributed by atoms with Crippen molar-refractivity contribution in [2.75, 3.05) is 6.61 Å². The van der Waals surface area contributed by atoms with Gasteiger partial charge < -0.3 is 4.74 Å². The average Bonchev–Trinajstić information content (AvgIpc) is 3.22. The van der Waals surface area contributed by atoms with Crippen LogP contribution in [0.5, 0.6) is 5.75 Å². The van der Waals surface area contributed by atoms with Crippen molar-refractivity contribution in [3.8, 4) is 5.75 Å². The Hall–Kier alpha value is -3.55. The van der Waals surface area contributed by atoms with Crippen molar-refractivity contribution in [1.82, 2.24) is 4.57 Å². The Bertz CT molecular complexity index is 1750. The van der Waals surface area contributed by atoms with Crippen molar-refractivity contribution < 1.29 is 9.13 Å². The molecule has 6 rings (SSSR count). The van der Waals surface area contributed by atoms with Crippen molar-refractivity contribution in [1.29, 1.82) is 0 Å². The summed E-state index contributed by atoms with van der Waals surface area (Å²) in [5, 5.41) is 0. The third-order valence-corrected chi connectivity index (χ3v) is 8.27. The van der Waals surface area contributed by atoms with Gasteiger partial charge in [0.05, 0.1) is 20.7 Å². The zero-order valence-electron chi connectivity index (χ0n) is 19.8. The zero-order chi connectivity index (χ0) is 25.5. The highest BCUT2D eigenvalue weighted by Gasteiger charge is 2.32. The molecule has 2 aliphatic rings. The first-order valence-corrected chi connectivity index (χ1v) is 13.6. The fourth-order valence-corrected chi connectivity index (χ4v) is 6.50. The van der Waals surface area contributed by atoms with Gasteiger partial charge >= 0.3 is 0 Å². The van der Waals surface area contributed by atoms with Gasteiger partial charge in [-0.25, -0.2) is 9.38 Å². The number of hydrogen-bond acceptors (Lipinski definition) is 4. The minimum atomic E-state index is -0.330. The second-order valence-electron chi connectivity index (χ2n) is 8.95. The Labute approximate surface area is 225 Å². The molecule has 4 nitrogen and oxygen atoms in total. The molecule has 37 heavy (non-hydrogen) atoms. The number of aryl methyl sites for hydroxylation is 1. The Balaban J connectivity index is 1.53. The van der Waals surface area contributed by atoms with Crippen molar-refractivity contribution in [2.24, 2.45) is 4.99 Å². The largest absolute Gasteiger partial charge is 0.488 e. The Kier molecular flexibility index (Phi) is 6.26. The summed E-state index contributed by atoms with van der Waals surface area (Å²) in [6.07, 6.45) is 5.24. The van der Waals surface area contributed by atoms with Gasteiger partial charge in [0.2, 0.25) is 0 Å². The van der Waals surface area contributed by atoms with Gasteiger partial charge in [0.15, 0.2) is 4.80 Å². The van der Waals surface area contributed by atoms with E-state index in [9.17, 15) is 9.18 Å². The van der Waals surface area contributed by atoms with E-state index in [4.69, 9.17) is 9.73 Å². The van der Waals surface area contributed by atoms with Crippen LogP contribution >= 0.6 is 27.3 Å². The lowest BCUT2D eigenvalue weighted by molar-refractivity contribution is 0.361. The molecule has 1 aliphatic carbocycles. The van der Waals surface area contributed by atoms with Gasteiger partial charge in [-0.1, -0.05) is 66.5 Å². The van der Waals surface area contributed by atoms with Crippen LogP contribution in [-0.2, 0) is 6.42 Å². The number of aromatic nitrogens is 1. The van der Waals surface area contributed by atoms with Gasteiger partial charge in [-0.3, -0.25) is 9.36 Å². The van der Waals surface area contributed by atoms with E-state index >= 15 is 0 Å². The third kappa shape index (κ3) is 4.32. The van der Waals surface area contributed by atoms with Crippen LogP contribution < -0.4 is 19.6 Å². The van der Waals surface area contributed by atoms with Crippen LogP contribution in [0.2, 0.25) is 0 Å². The van der Waals surface area contributed by atoms with Crippen LogP contribution in [0, 0.1) is 5.82 Å². The molecule has 1 atom stereocenters. The summed E-state index contributed by atoms with van der Waals surface area (Å²) >= 11 is 4.93. The number of benzene rings is 3. The predicted octanol–water partition coefficient (Wildman–Crippen LogP) is 5.79. The van der Waals surface area contributed by atoms with E-state index in [2.05, 4.69) is 34.6 Å². The van der Waals surface area contributed by atoms with Crippen LogP contribution in [0.15, 0.2) is 99.2 Å². The van der Waals surface area contributed by atoms with Crippen LogP contribution in [0.25, 0.3) is 11.8 Å². The molecule has 0 spiro atoms. The Morgan fingerprint density at radius 3 is 2.73 bits per heavy atom. The number of nitrogens with zero attached hydrogens (tertiary/aromatic N) is 2. The van der Waals surface area contributed by atoms with E-state index < -0.39 is 0 Å². The number of allylic oxidation sites excluding steroid dienone is 1. The second kappa shape index (κ2) is 9.72. The van der Waals surface area contributed by atoms with E-state index in [0.717, 1.165) is 45.3 Å². The smallest absolute Gasteiger partial charge is 0.271 e. The molecular formula is C30H22BrFN2O2S. The van der Waals surface area contributed by atoms with Crippen LogP contribution in [0.1, 0.15) is 34.7 Å². The quantitative estimate of drug-likeness (QED) is 0.284. The lowest BCUT2D eigenvalue weighted by atomic mass is 9.83.